The average molecular weight is 396 g/mol. The normalized spacial score (nSPS) is 16.1. The number of aromatic nitrogens is 2. The van der Waals surface area contributed by atoms with Gasteiger partial charge in [-0.2, -0.15) is 0 Å². The SMILES string of the molecule is C[C@H](OC(=O)[C@H](C)SCc1nc2sc3c(c2c(=O)[nH]1)CCCC3)C(N)=O. The van der Waals surface area contributed by atoms with E-state index < -0.39 is 23.2 Å². The number of thiophene rings is 1. The number of H-pyrrole nitrogens is 1. The van der Waals surface area contributed by atoms with E-state index >= 15 is 0 Å². The molecule has 1 amide bonds. The average Bonchev–Trinajstić information content (AvgIpc) is 2.98. The van der Waals surface area contributed by atoms with Crippen molar-refractivity contribution in [3.63, 3.8) is 0 Å². The van der Waals surface area contributed by atoms with Crippen LogP contribution in [0.4, 0.5) is 0 Å². The molecule has 7 nitrogen and oxygen atoms in total. The van der Waals surface area contributed by atoms with Gasteiger partial charge in [0.15, 0.2) is 6.10 Å². The number of amides is 1. The van der Waals surface area contributed by atoms with E-state index in [1.807, 2.05) is 0 Å². The lowest BCUT2D eigenvalue weighted by molar-refractivity contribution is -0.152. The second kappa shape index (κ2) is 7.79. The minimum absolute atomic E-state index is 0.109. The zero-order valence-corrected chi connectivity index (χ0v) is 16.3. The summed E-state index contributed by atoms with van der Waals surface area (Å²) in [4.78, 5) is 44.9. The van der Waals surface area contributed by atoms with Crippen LogP contribution >= 0.6 is 23.1 Å². The van der Waals surface area contributed by atoms with Gasteiger partial charge in [-0.05, 0) is 45.1 Å². The van der Waals surface area contributed by atoms with Gasteiger partial charge in [0.25, 0.3) is 11.5 Å². The van der Waals surface area contributed by atoms with E-state index in [0.29, 0.717) is 11.6 Å². The summed E-state index contributed by atoms with van der Waals surface area (Å²) in [5.74, 6) is -0.298. The van der Waals surface area contributed by atoms with E-state index in [0.717, 1.165) is 41.5 Å². The summed E-state index contributed by atoms with van der Waals surface area (Å²) in [6, 6.07) is 0. The molecule has 0 radical (unpaired) electrons. The molecule has 0 saturated heterocycles. The third kappa shape index (κ3) is 3.93. The summed E-state index contributed by atoms with van der Waals surface area (Å²) in [5.41, 5.74) is 6.13. The summed E-state index contributed by atoms with van der Waals surface area (Å²) in [5, 5.41) is 0.218. The van der Waals surface area contributed by atoms with Gasteiger partial charge in [0.1, 0.15) is 15.9 Å². The Morgan fingerprint density at radius 2 is 2.08 bits per heavy atom. The van der Waals surface area contributed by atoms with Crippen LogP contribution in [-0.2, 0) is 32.9 Å². The third-order valence-corrected chi connectivity index (χ3v) is 6.69. The highest BCUT2D eigenvalue weighted by Crippen LogP contribution is 2.33. The maximum atomic E-state index is 12.5. The molecule has 2 aromatic heterocycles. The van der Waals surface area contributed by atoms with Gasteiger partial charge in [0.2, 0.25) is 0 Å². The largest absolute Gasteiger partial charge is 0.452 e. The number of rotatable bonds is 6. The molecule has 0 unspecified atom stereocenters. The fourth-order valence-electron chi connectivity index (χ4n) is 2.88. The van der Waals surface area contributed by atoms with Crippen LogP contribution in [0.15, 0.2) is 4.79 Å². The predicted molar refractivity (Wildman–Crippen MR) is 102 cm³/mol. The summed E-state index contributed by atoms with van der Waals surface area (Å²) in [6.07, 6.45) is 3.26. The summed E-state index contributed by atoms with van der Waals surface area (Å²) < 4.78 is 4.99. The number of aromatic amines is 1. The summed E-state index contributed by atoms with van der Waals surface area (Å²) >= 11 is 2.89. The smallest absolute Gasteiger partial charge is 0.319 e. The number of nitrogens with zero attached hydrogens (tertiary/aromatic N) is 1. The number of carbonyl (C=O) groups is 2. The Labute approximate surface area is 158 Å². The van der Waals surface area contributed by atoms with Gasteiger partial charge in [0, 0.05) is 4.88 Å². The first-order valence-corrected chi connectivity index (χ1v) is 10.4. The van der Waals surface area contributed by atoms with E-state index in [9.17, 15) is 14.4 Å². The molecule has 26 heavy (non-hydrogen) atoms. The van der Waals surface area contributed by atoms with E-state index in [4.69, 9.17) is 10.5 Å². The number of esters is 1. The molecule has 0 saturated carbocycles. The van der Waals surface area contributed by atoms with Crippen LogP contribution < -0.4 is 11.3 Å². The maximum Gasteiger partial charge on any atom is 0.319 e. The lowest BCUT2D eigenvalue weighted by Crippen LogP contribution is -2.33. The minimum atomic E-state index is -0.961. The maximum absolute atomic E-state index is 12.5. The van der Waals surface area contributed by atoms with Crippen molar-refractivity contribution in [2.75, 3.05) is 0 Å². The third-order valence-electron chi connectivity index (χ3n) is 4.37. The van der Waals surface area contributed by atoms with Crippen molar-refractivity contribution >= 4 is 45.2 Å². The number of ether oxygens (including phenoxy) is 1. The van der Waals surface area contributed by atoms with Crippen molar-refractivity contribution in [2.45, 2.75) is 56.6 Å². The van der Waals surface area contributed by atoms with Gasteiger partial charge in [0.05, 0.1) is 11.1 Å². The Hall–Kier alpha value is -1.87. The van der Waals surface area contributed by atoms with Crippen LogP contribution in [0.2, 0.25) is 0 Å². The van der Waals surface area contributed by atoms with E-state index in [-0.39, 0.29) is 5.56 Å². The van der Waals surface area contributed by atoms with Crippen molar-refractivity contribution < 1.29 is 14.3 Å². The van der Waals surface area contributed by atoms with E-state index in [1.54, 1.807) is 18.3 Å². The minimum Gasteiger partial charge on any atom is -0.452 e. The van der Waals surface area contributed by atoms with Crippen LogP contribution in [0.3, 0.4) is 0 Å². The quantitative estimate of drug-likeness (QED) is 0.722. The second-order valence-electron chi connectivity index (χ2n) is 6.34. The molecule has 0 bridgehead atoms. The van der Waals surface area contributed by atoms with Crippen LogP contribution in [0.5, 0.6) is 0 Å². The van der Waals surface area contributed by atoms with Crippen molar-refractivity contribution in [3.05, 3.63) is 26.6 Å². The monoisotopic (exact) mass is 395 g/mol. The Kier molecular flexibility index (Phi) is 5.67. The number of thioether (sulfide) groups is 1. The number of fused-ring (bicyclic) bond motifs is 3. The molecule has 0 spiro atoms. The molecule has 1 aliphatic carbocycles. The zero-order valence-electron chi connectivity index (χ0n) is 14.7. The first-order valence-electron chi connectivity index (χ1n) is 8.51. The Morgan fingerprint density at radius 1 is 1.35 bits per heavy atom. The van der Waals surface area contributed by atoms with Crippen molar-refractivity contribution in [3.8, 4) is 0 Å². The van der Waals surface area contributed by atoms with Gasteiger partial charge in [-0.1, -0.05) is 0 Å². The molecule has 0 aromatic carbocycles. The van der Waals surface area contributed by atoms with Crippen molar-refractivity contribution in [1.82, 2.24) is 9.97 Å². The van der Waals surface area contributed by atoms with Crippen LogP contribution in [0.25, 0.3) is 10.2 Å². The van der Waals surface area contributed by atoms with Crippen molar-refractivity contribution in [2.24, 2.45) is 5.73 Å². The van der Waals surface area contributed by atoms with Gasteiger partial charge < -0.3 is 15.5 Å². The Bertz CT molecular complexity index is 905. The number of carbonyl (C=O) groups excluding carboxylic acids is 2. The summed E-state index contributed by atoms with van der Waals surface area (Å²) in [6.45, 7) is 3.12. The molecule has 0 fully saturated rings. The van der Waals surface area contributed by atoms with Crippen LogP contribution in [0, 0.1) is 0 Å². The molecule has 2 atom stereocenters. The Morgan fingerprint density at radius 3 is 2.81 bits per heavy atom. The predicted octanol–water partition coefficient (Wildman–Crippen LogP) is 1.90. The number of primary amides is 1. The topological polar surface area (TPSA) is 115 Å². The lowest BCUT2D eigenvalue weighted by Gasteiger charge is -2.14. The van der Waals surface area contributed by atoms with Gasteiger partial charge in [-0.3, -0.25) is 14.4 Å². The molecule has 3 rings (SSSR count). The molecule has 0 aliphatic heterocycles. The number of nitrogens with two attached hydrogens (primary N) is 1. The fourth-order valence-corrected chi connectivity index (χ4v) is 4.89. The van der Waals surface area contributed by atoms with Gasteiger partial charge in [-0.25, -0.2) is 4.98 Å². The molecule has 9 heteroatoms. The van der Waals surface area contributed by atoms with Gasteiger partial charge >= 0.3 is 5.97 Å². The molecule has 1 aliphatic rings. The number of nitrogens with one attached hydrogen (secondary N) is 1. The zero-order chi connectivity index (χ0) is 18.8. The molecular formula is C17H21N3O4S2. The number of hydrogen-bond acceptors (Lipinski definition) is 7. The van der Waals surface area contributed by atoms with Gasteiger partial charge in [-0.15, -0.1) is 23.1 Å². The number of hydrogen-bond donors (Lipinski definition) is 2. The van der Waals surface area contributed by atoms with Crippen LogP contribution in [0.1, 0.15) is 43.0 Å². The summed E-state index contributed by atoms with van der Waals surface area (Å²) in [7, 11) is 0. The van der Waals surface area contributed by atoms with Crippen LogP contribution in [-0.4, -0.2) is 33.2 Å². The first-order chi connectivity index (χ1) is 12.4. The fraction of sp³-hybridized carbons (Fsp3) is 0.529. The van der Waals surface area contributed by atoms with E-state index in [2.05, 4.69) is 9.97 Å². The highest BCUT2D eigenvalue weighted by atomic mass is 32.2. The Balaban J connectivity index is 1.70. The van der Waals surface area contributed by atoms with Crippen molar-refractivity contribution in [1.29, 1.82) is 0 Å². The van der Waals surface area contributed by atoms with E-state index in [1.165, 1.54) is 23.6 Å². The highest BCUT2D eigenvalue weighted by Gasteiger charge is 2.22. The molecular weight excluding hydrogens is 374 g/mol. The molecule has 2 heterocycles. The standard InChI is InChI=1S/C17H21N3O4S2/c1-8(14(18)21)24-17(23)9(2)25-7-12-19-15(22)13-10-5-3-4-6-11(10)26-16(13)20-12/h8-9H,3-7H2,1-2H3,(H2,18,21)(H,19,20,22)/t8-,9-/m0/s1. The second-order valence-corrected chi connectivity index (χ2v) is 8.75. The molecule has 3 N–H and O–H groups in total. The highest BCUT2D eigenvalue weighted by molar-refractivity contribution is 7.99. The first kappa shape index (κ1) is 18.9. The molecule has 140 valence electrons. The lowest BCUT2D eigenvalue weighted by atomic mass is 9.97. The molecule has 2 aromatic rings. The number of aryl methyl sites for hydroxylation is 2.